The first-order valence-corrected chi connectivity index (χ1v) is 5.47. The van der Waals surface area contributed by atoms with Gasteiger partial charge in [0, 0.05) is 13.0 Å². The normalized spacial score (nSPS) is 16.2. The number of amides is 3. The van der Waals surface area contributed by atoms with Crippen LogP contribution in [0.3, 0.4) is 0 Å². The first kappa shape index (κ1) is 10.9. The molecule has 0 spiro atoms. The molecule has 1 fully saturated rings. The lowest BCUT2D eigenvalue weighted by Crippen LogP contribution is -2.49. The number of nitrogens with one attached hydrogen (secondary N) is 1. The SMILES string of the molecule is O=C1CCN(c2cccc(Br)c2O)C(=O)N1. The Hall–Kier alpha value is -1.56. The fourth-order valence-corrected chi connectivity index (χ4v) is 1.87. The molecule has 2 N–H and O–H groups in total. The largest absolute Gasteiger partial charge is 0.505 e. The van der Waals surface area contributed by atoms with Crippen molar-refractivity contribution in [2.45, 2.75) is 6.42 Å². The van der Waals surface area contributed by atoms with Crippen LogP contribution in [-0.2, 0) is 4.79 Å². The van der Waals surface area contributed by atoms with Crippen LogP contribution >= 0.6 is 15.9 Å². The van der Waals surface area contributed by atoms with E-state index in [1.807, 2.05) is 0 Å². The Kier molecular flexibility index (Phi) is 2.82. The highest BCUT2D eigenvalue weighted by Gasteiger charge is 2.26. The van der Waals surface area contributed by atoms with Crippen LogP contribution in [0.2, 0.25) is 0 Å². The van der Waals surface area contributed by atoms with Crippen molar-refractivity contribution < 1.29 is 14.7 Å². The first-order valence-electron chi connectivity index (χ1n) is 4.68. The summed E-state index contributed by atoms with van der Waals surface area (Å²) in [5, 5.41) is 12.0. The Morgan fingerprint density at radius 3 is 2.81 bits per heavy atom. The summed E-state index contributed by atoms with van der Waals surface area (Å²) in [4.78, 5) is 23.8. The number of aromatic hydroxyl groups is 1. The van der Waals surface area contributed by atoms with Crippen molar-refractivity contribution in [3.63, 3.8) is 0 Å². The van der Waals surface area contributed by atoms with Crippen LogP contribution in [-0.4, -0.2) is 23.6 Å². The second kappa shape index (κ2) is 4.13. The topological polar surface area (TPSA) is 69.6 Å². The van der Waals surface area contributed by atoms with Crippen molar-refractivity contribution >= 4 is 33.6 Å². The number of rotatable bonds is 1. The van der Waals surface area contributed by atoms with Gasteiger partial charge in [0.15, 0.2) is 5.75 Å². The summed E-state index contributed by atoms with van der Waals surface area (Å²) in [6.07, 6.45) is 0.234. The molecule has 0 saturated carbocycles. The van der Waals surface area contributed by atoms with Gasteiger partial charge in [-0.05, 0) is 28.1 Å². The Bertz CT molecular complexity index is 461. The molecule has 1 aliphatic heterocycles. The van der Waals surface area contributed by atoms with Crippen LogP contribution in [0.15, 0.2) is 22.7 Å². The van der Waals surface area contributed by atoms with Crippen molar-refractivity contribution in [2.24, 2.45) is 0 Å². The Morgan fingerprint density at radius 1 is 1.38 bits per heavy atom. The van der Waals surface area contributed by atoms with Crippen molar-refractivity contribution in [1.29, 1.82) is 0 Å². The number of phenols is 1. The van der Waals surface area contributed by atoms with Crippen LogP contribution in [0.5, 0.6) is 5.75 Å². The Morgan fingerprint density at radius 2 is 2.12 bits per heavy atom. The average molecular weight is 285 g/mol. The zero-order valence-electron chi connectivity index (χ0n) is 8.24. The summed E-state index contributed by atoms with van der Waals surface area (Å²) in [6.45, 7) is 0.272. The molecule has 2 rings (SSSR count). The molecule has 5 nitrogen and oxygen atoms in total. The summed E-state index contributed by atoms with van der Waals surface area (Å²) in [7, 11) is 0. The van der Waals surface area contributed by atoms with Crippen molar-refractivity contribution in [3.05, 3.63) is 22.7 Å². The molecular weight excluding hydrogens is 276 g/mol. The summed E-state index contributed by atoms with van der Waals surface area (Å²) >= 11 is 3.17. The second-order valence-electron chi connectivity index (χ2n) is 3.36. The van der Waals surface area contributed by atoms with Crippen molar-refractivity contribution in [1.82, 2.24) is 5.32 Å². The molecule has 16 heavy (non-hydrogen) atoms. The second-order valence-corrected chi connectivity index (χ2v) is 4.22. The number of benzene rings is 1. The van der Waals surface area contributed by atoms with Crippen LogP contribution < -0.4 is 10.2 Å². The highest BCUT2D eigenvalue weighted by Crippen LogP contribution is 2.34. The van der Waals surface area contributed by atoms with Crippen LogP contribution in [0, 0.1) is 0 Å². The maximum atomic E-state index is 11.5. The minimum absolute atomic E-state index is 0.00741. The van der Waals surface area contributed by atoms with E-state index >= 15 is 0 Å². The molecule has 1 aromatic rings. The predicted octanol–water partition coefficient (Wildman–Crippen LogP) is 1.60. The van der Waals surface area contributed by atoms with Gasteiger partial charge in [0.25, 0.3) is 0 Å². The van der Waals surface area contributed by atoms with E-state index in [9.17, 15) is 14.7 Å². The van der Waals surface area contributed by atoms with Crippen LogP contribution in [0.1, 0.15) is 6.42 Å². The highest BCUT2D eigenvalue weighted by molar-refractivity contribution is 9.10. The molecule has 0 radical (unpaired) electrons. The van der Waals surface area contributed by atoms with E-state index < -0.39 is 6.03 Å². The van der Waals surface area contributed by atoms with Gasteiger partial charge in [0.1, 0.15) is 0 Å². The molecule has 1 saturated heterocycles. The number of carbonyl (C=O) groups is 2. The molecular formula is C10H9BrN2O3. The number of para-hydroxylation sites is 1. The average Bonchev–Trinajstić information content (AvgIpc) is 2.23. The van der Waals surface area contributed by atoms with Crippen molar-refractivity contribution in [2.75, 3.05) is 11.4 Å². The molecule has 3 amide bonds. The number of imide groups is 1. The quantitative estimate of drug-likeness (QED) is 0.823. The Labute approximate surface area is 100 Å². The summed E-state index contributed by atoms with van der Waals surface area (Å²) in [5.74, 6) is -0.303. The fraction of sp³-hybridized carbons (Fsp3) is 0.200. The van der Waals surface area contributed by atoms with E-state index in [1.54, 1.807) is 18.2 Å². The zero-order chi connectivity index (χ0) is 11.7. The number of urea groups is 1. The number of hydrogen-bond acceptors (Lipinski definition) is 3. The molecule has 0 aromatic heterocycles. The fourth-order valence-electron chi connectivity index (χ4n) is 1.52. The highest BCUT2D eigenvalue weighted by atomic mass is 79.9. The van der Waals surface area contributed by atoms with Gasteiger partial charge in [0.2, 0.25) is 5.91 Å². The molecule has 0 aliphatic carbocycles. The third-order valence-electron chi connectivity index (χ3n) is 2.31. The lowest BCUT2D eigenvalue weighted by molar-refractivity contribution is -0.120. The van der Waals surface area contributed by atoms with Crippen LogP contribution in [0.25, 0.3) is 0 Å². The molecule has 0 unspecified atom stereocenters. The van der Waals surface area contributed by atoms with E-state index in [1.165, 1.54) is 4.90 Å². The summed E-state index contributed by atoms with van der Waals surface area (Å²) in [6, 6.07) is 4.49. The molecule has 1 aromatic carbocycles. The summed E-state index contributed by atoms with van der Waals surface area (Å²) in [5.41, 5.74) is 0.388. The van der Waals surface area contributed by atoms with E-state index in [0.717, 1.165) is 0 Å². The van der Waals surface area contributed by atoms with Gasteiger partial charge in [-0.3, -0.25) is 15.0 Å². The Balaban J connectivity index is 2.34. The number of hydrogen-bond donors (Lipinski definition) is 2. The smallest absolute Gasteiger partial charge is 0.328 e. The lowest BCUT2D eigenvalue weighted by Gasteiger charge is -2.27. The molecule has 84 valence electrons. The zero-order valence-corrected chi connectivity index (χ0v) is 9.82. The number of carbonyl (C=O) groups excluding carboxylic acids is 2. The molecule has 6 heteroatoms. The minimum atomic E-state index is -0.510. The summed E-state index contributed by atoms with van der Waals surface area (Å²) < 4.78 is 0.509. The third kappa shape index (κ3) is 1.88. The maximum Gasteiger partial charge on any atom is 0.328 e. The van der Waals surface area contributed by atoms with E-state index in [4.69, 9.17) is 0 Å². The third-order valence-corrected chi connectivity index (χ3v) is 2.95. The van der Waals surface area contributed by atoms with Gasteiger partial charge in [-0.25, -0.2) is 4.79 Å². The van der Waals surface area contributed by atoms with Gasteiger partial charge in [-0.1, -0.05) is 6.07 Å². The van der Waals surface area contributed by atoms with Gasteiger partial charge in [-0.15, -0.1) is 0 Å². The van der Waals surface area contributed by atoms with E-state index in [0.29, 0.717) is 10.2 Å². The van der Waals surface area contributed by atoms with Gasteiger partial charge in [0.05, 0.1) is 10.2 Å². The molecule has 0 atom stereocenters. The standard InChI is InChI=1S/C10H9BrN2O3/c11-6-2-1-3-7(9(6)15)13-5-4-8(14)12-10(13)16/h1-3,15H,4-5H2,(H,12,14,16). The van der Waals surface area contributed by atoms with Crippen LogP contribution in [0.4, 0.5) is 10.5 Å². The van der Waals surface area contributed by atoms with Crippen molar-refractivity contribution in [3.8, 4) is 5.75 Å². The minimum Gasteiger partial charge on any atom is -0.505 e. The number of phenolic OH excluding ortho intramolecular Hbond substituents is 1. The molecule has 1 aliphatic rings. The van der Waals surface area contributed by atoms with E-state index in [-0.39, 0.29) is 24.6 Å². The number of halogens is 1. The molecule has 0 bridgehead atoms. The van der Waals surface area contributed by atoms with Gasteiger partial charge >= 0.3 is 6.03 Å². The van der Waals surface area contributed by atoms with Gasteiger partial charge < -0.3 is 5.11 Å². The lowest BCUT2D eigenvalue weighted by atomic mass is 10.2. The van der Waals surface area contributed by atoms with Gasteiger partial charge in [-0.2, -0.15) is 0 Å². The predicted molar refractivity (Wildman–Crippen MR) is 61.3 cm³/mol. The first-order chi connectivity index (χ1) is 7.59. The number of nitrogens with zero attached hydrogens (tertiary/aromatic N) is 1. The van der Waals surface area contributed by atoms with E-state index in [2.05, 4.69) is 21.2 Å². The maximum absolute atomic E-state index is 11.5. The molecule has 1 heterocycles. The number of anilines is 1. The monoisotopic (exact) mass is 284 g/mol.